The molecule has 128 valence electrons. The van der Waals surface area contributed by atoms with E-state index in [9.17, 15) is 9.90 Å². The molecule has 0 aromatic heterocycles. The van der Waals surface area contributed by atoms with Gasteiger partial charge in [-0.3, -0.25) is 4.79 Å². The molecule has 6 nitrogen and oxygen atoms in total. The SMILES string of the molecule is COc1ccc(NC(=O)COc2ccc(Br)cc2CO)c(OC)c1. The molecule has 0 heterocycles. The Balaban J connectivity index is 2.01. The first-order valence-electron chi connectivity index (χ1n) is 7.11. The van der Waals surface area contributed by atoms with Gasteiger partial charge in [-0.05, 0) is 30.3 Å². The summed E-state index contributed by atoms with van der Waals surface area (Å²) in [7, 11) is 3.06. The van der Waals surface area contributed by atoms with E-state index in [1.807, 2.05) is 0 Å². The lowest BCUT2D eigenvalue weighted by Crippen LogP contribution is -2.21. The first-order valence-corrected chi connectivity index (χ1v) is 7.90. The number of anilines is 1. The van der Waals surface area contributed by atoms with Gasteiger partial charge in [0.05, 0.1) is 26.5 Å². The number of hydrogen-bond acceptors (Lipinski definition) is 5. The van der Waals surface area contributed by atoms with Crippen LogP contribution in [0.25, 0.3) is 0 Å². The molecule has 0 bridgehead atoms. The number of halogens is 1. The third-order valence-electron chi connectivity index (χ3n) is 3.23. The number of hydrogen-bond donors (Lipinski definition) is 2. The number of benzene rings is 2. The summed E-state index contributed by atoms with van der Waals surface area (Å²) in [5.41, 5.74) is 1.12. The number of ether oxygens (including phenoxy) is 3. The Morgan fingerprint density at radius 2 is 1.92 bits per heavy atom. The maximum absolute atomic E-state index is 12.1. The van der Waals surface area contributed by atoms with Gasteiger partial charge in [0.1, 0.15) is 17.2 Å². The summed E-state index contributed by atoms with van der Waals surface area (Å²) >= 11 is 3.32. The molecule has 24 heavy (non-hydrogen) atoms. The van der Waals surface area contributed by atoms with E-state index in [1.54, 1.807) is 43.5 Å². The summed E-state index contributed by atoms with van der Waals surface area (Å²) in [5.74, 6) is 1.23. The Morgan fingerprint density at radius 3 is 2.58 bits per heavy atom. The summed E-state index contributed by atoms with van der Waals surface area (Å²) < 4.78 is 16.6. The summed E-state index contributed by atoms with van der Waals surface area (Å²) in [6.07, 6.45) is 0. The van der Waals surface area contributed by atoms with Crippen LogP contribution >= 0.6 is 15.9 Å². The highest BCUT2D eigenvalue weighted by atomic mass is 79.9. The van der Waals surface area contributed by atoms with Crippen LogP contribution in [0, 0.1) is 0 Å². The van der Waals surface area contributed by atoms with Crippen LogP contribution < -0.4 is 19.5 Å². The maximum Gasteiger partial charge on any atom is 0.262 e. The zero-order valence-electron chi connectivity index (χ0n) is 13.3. The second-order valence-corrected chi connectivity index (χ2v) is 5.73. The Labute approximate surface area is 148 Å². The van der Waals surface area contributed by atoms with Crippen LogP contribution in [0.4, 0.5) is 5.69 Å². The highest BCUT2D eigenvalue weighted by Gasteiger charge is 2.11. The quantitative estimate of drug-likeness (QED) is 0.753. The Bertz CT molecular complexity index is 720. The van der Waals surface area contributed by atoms with Gasteiger partial charge >= 0.3 is 0 Å². The van der Waals surface area contributed by atoms with E-state index in [0.29, 0.717) is 28.5 Å². The van der Waals surface area contributed by atoms with Crippen molar-refractivity contribution in [3.63, 3.8) is 0 Å². The molecule has 2 aromatic rings. The third kappa shape index (κ3) is 4.62. The smallest absolute Gasteiger partial charge is 0.262 e. The predicted octanol–water partition coefficient (Wildman–Crippen LogP) is 2.98. The first kappa shape index (κ1) is 18.1. The van der Waals surface area contributed by atoms with Gasteiger partial charge in [-0.25, -0.2) is 0 Å². The normalized spacial score (nSPS) is 10.2. The standard InChI is InChI=1S/C17H18BrNO5/c1-22-13-4-5-14(16(8-13)23-2)19-17(21)10-24-15-6-3-12(18)7-11(15)9-20/h3-8,20H,9-10H2,1-2H3,(H,19,21). The number of nitrogens with one attached hydrogen (secondary N) is 1. The molecule has 2 rings (SSSR count). The van der Waals surface area contributed by atoms with Crippen molar-refractivity contribution in [2.75, 3.05) is 26.1 Å². The molecule has 0 aliphatic carbocycles. The highest BCUT2D eigenvalue weighted by molar-refractivity contribution is 9.10. The second-order valence-electron chi connectivity index (χ2n) is 4.81. The zero-order valence-corrected chi connectivity index (χ0v) is 14.9. The zero-order chi connectivity index (χ0) is 17.5. The van der Waals surface area contributed by atoms with Gasteiger partial charge in [-0.15, -0.1) is 0 Å². The topological polar surface area (TPSA) is 77.0 Å². The third-order valence-corrected chi connectivity index (χ3v) is 3.73. The van der Waals surface area contributed by atoms with Crippen molar-refractivity contribution in [1.82, 2.24) is 0 Å². The van der Waals surface area contributed by atoms with Crippen LogP contribution in [0.2, 0.25) is 0 Å². The molecule has 0 aliphatic rings. The number of carbonyl (C=O) groups is 1. The molecular weight excluding hydrogens is 378 g/mol. The van der Waals surface area contributed by atoms with E-state index in [1.165, 1.54) is 7.11 Å². The highest BCUT2D eigenvalue weighted by Crippen LogP contribution is 2.29. The number of methoxy groups -OCH3 is 2. The second kappa shape index (κ2) is 8.56. The molecule has 0 fully saturated rings. The van der Waals surface area contributed by atoms with E-state index in [2.05, 4.69) is 21.2 Å². The summed E-state index contributed by atoms with van der Waals surface area (Å²) in [6, 6.07) is 10.3. The molecule has 1 amide bonds. The van der Waals surface area contributed by atoms with Gasteiger partial charge < -0.3 is 24.6 Å². The van der Waals surface area contributed by atoms with E-state index < -0.39 is 0 Å². The van der Waals surface area contributed by atoms with E-state index in [0.717, 1.165) is 4.47 Å². The fraction of sp³-hybridized carbons (Fsp3) is 0.235. The lowest BCUT2D eigenvalue weighted by molar-refractivity contribution is -0.118. The number of aliphatic hydroxyl groups excluding tert-OH is 1. The van der Waals surface area contributed by atoms with Crippen LogP contribution in [0.5, 0.6) is 17.2 Å². The minimum atomic E-state index is -0.342. The molecule has 0 radical (unpaired) electrons. The number of amides is 1. The molecule has 0 spiro atoms. The van der Waals surface area contributed by atoms with Crippen molar-refractivity contribution >= 4 is 27.5 Å². The minimum absolute atomic E-state index is 0.178. The van der Waals surface area contributed by atoms with Crippen LogP contribution in [0.15, 0.2) is 40.9 Å². The van der Waals surface area contributed by atoms with Crippen molar-refractivity contribution in [3.05, 3.63) is 46.4 Å². The molecule has 2 aromatic carbocycles. The van der Waals surface area contributed by atoms with E-state index >= 15 is 0 Å². The molecule has 0 saturated carbocycles. The lowest BCUT2D eigenvalue weighted by atomic mass is 10.2. The Hall–Kier alpha value is -2.25. The van der Waals surface area contributed by atoms with Crippen molar-refractivity contribution < 1.29 is 24.1 Å². The molecule has 2 N–H and O–H groups in total. The number of rotatable bonds is 7. The van der Waals surface area contributed by atoms with Gasteiger partial charge in [0.2, 0.25) is 0 Å². The Morgan fingerprint density at radius 1 is 1.12 bits per heavy atom. The molecule has 0 atom stereocenters. The van der Waals surface area contributed by atoms with Crippen molar-refractivity contribution in [3.8, 4) is 17.2 Å². The number of carbonyl (C=O) groups excluding carboxylic acids is 1. The van der Waals surface area contributed by atoms with Gasteiger partial charge in [0.25, 0.3) is 5.91 Å². The van der Waals surface area contributed by atoms with Crippen molar-refractivity contribution in [2.24, 2.45) is 0 Å². The minimum Gasteiger partial charge on any atom is -0.497 e. The van der Waals surface area contributed by atoms with E-state index in [-0.39, 0.29) is 19.1 Å². The molecule has 0 saturated heterocycles. The lowest BCUT2D eigenvalue weighted by Gasteiger charge is -2.13. The predicted molar refractivity (Wildman–Crippen MR) is 93.7 cm³/mol. The van der Waals surface area contributed by atoms with Gasteiger partial charge in [0, 0.05) is 16.1 Å². The molecule has 7 heteroatoms. The van der Waals surface area contributed by atoms with Gasteiger partial charge in [-0.1, -0.05) is 15.9 Å². The van der Waals surface area contributed by atoms with Crippen LogP contribution in [0.3, 0.4) is 0 Å². The summed E-state index contributed by atoms with van der Waals surface area (Å²) in [4.78, 5) is 12.1. The van der Waals surface area contributed by atoms with E-state index in [4.69, 9.17) is 14.2 Å². The van der Waals surface area contributed by atoms with Crippen LogP contribution in [-0.2, 0) is 11.4 Å². The fourth-order valence-electron chi connectivity index (χ4n) is 2.04. The average molecular weight is 396 g/mol. The van der Waals surface area contributed by atoms with Gasteiger partial charge in [-0.2, -0.15) is 0 Å². The molecule has 0 aliphatic heterocycles. The van der Waals surface area contributed by atoms with Crippen molar-refractivity contribution in [2.45, 2.75) is 6.61 Å². The fourth-order valence-corrected chi connectivity index (χ4v) is 2.45. The van der Waals surface area contributed by atoms with Crippen LogP contribution in [-0.4, -0.2) is 31.8 Å². The maximum atomic E-state index is 12.1. The monoisotopic (exact) mass is 395 g/mol. The summed E-state index contributed by atoms with van der Waals surface area (Å²) in [5, 5.41) is 12.0. The largest absolute Gasteiger partial charge is 0.497 e. The average Bonchev–Trinajstić information content (AvgIpc) is 2.60. The molecule has 0 unspecified atom stereocenters. The van der Waals surface area contributed by atoms with Gasteiger partial charge in [0.15, 0.2) is 6.61 Å². The summed E-state index contributed by atoms with van der Waals surface area (Å²) in [6.45, 7) is -0.369. The van der Waals surface area contributed by atoms with Crippen LogP contribution in [0.1, 0.15) is 5.56 Å². The Kier molecular flexibility index (Phi) is 6.45. The number of aliphatic hydroxyl groups is 1. The molecular formula is C17H18BrNO5. The van der Waals surface area contributed by atoms with Crippen molar-refractivity contribution in [1.29, 1.82) is 0 Å². The first-order chi connectivity index (χ1) is 11.6.